The van der Waals surface area contributed by atoms with Gasteiger partial charge in [0.15, 0.2) is 0 Å². The summed E-state index contributed by atoms with van der Waals surface area (Å²) in [5, 5.41) is 14.0. The molecule has 3 unspecified atom stereocenters. The second kappa shape index (κ2) is 62.5. The van der Waals surface area contributed by atoms with Gasteiger partial charge in [0, 0.05) is 6.42 Å². The highest BCUT2D eigenvalue weighted by Crippen LogP contribution is 2.43. The molecule has 0 rings (SSSR count). The van der Waals surface area contributed by atoms with E-state index in [4.69, 9.17) is 9.05 Å². The van der Waals surface area contributed by atoms with Crippen LogP contribution in [0.1, 0.15) is 373 Å². The van der Waals surface area contributed by atoms with E-state index in [9.17, 15) is 19.4 Å². The third-order valence-corrected chi connectivity index (χ3v) is 17.6. The van der Waals surface area contributed by atoms with Gasteiger partial charge in [-0.05, 0) is 44.9 Å². The lowest BCUT2D eigenvalue weighted by atomic mass is 10.0. The zero-order valence-corrected chi connectivity index (χ0v) is 55.5. The van der Waals surface area contributed by atoms with Crippen molar-refractivity contribution in [3.8, 4) is 0 Å². The first-order valence-electron chi connectivity index (χ1n) is 35.7. The van der Waals surface area contributed by atoms with Gasteiger partial charge in [-0.3, -0.25) is 13.8 Å². The predicted octanol–water partition coefficient (Wildman–Crippen LogP) is 22.7. The molecule has 9 heteroatoms. The molecule has 1 amide bonds. The van der Waals surface area contributed by atoms with Crippen molar-refractivity contribution in [3.05, 3.63) is 24.3 Å². The first-order valence-corrected chi connectivity index (χ1v) is 37.2. The second-order valence-electron chi connectivity index (χ2n) is 26.0. The van der Waals surface area contributed by atoms with E-state index in [1.54, 1.807) is 6.08 Å². The number of likely N-dealkylation sites (N-methyl/N-ethyl adjacent to an activating group) is 1. The number of carbonyl (C=O) groups is 1. The Morgan fingerprint density at radius 1 is 0.412 bits per heavy atom. The van der Waals surface area contributed by atoms with Crippen LogP contribution in [-0.2, 0) is 18.4 Å². The zero-order valence-electron chi connectivity index (χ0n) is 54.6. The molecule has 0 radical (unpaired) electrons. The summed E-state index contributed by atoms with van der Waals surface area (Å²) in [7, 11) is 1.59. The van der Waals surface area contributed by atoms with Crippen molar-refractivity contribution >= 4 is 13.7 Å². The van der Waals surface area contributed by atoms with Crippen molar-refractivity contribution in [1.29, 1.82) is 0 Å². The number of hydrogen-bond acceptors (Lipinski definition) is 5. The van der Waals surface area contributed by atoms with Crippen LogP contribution in [0.4, 0.5) is 0 Å². The third-order valence-electron chi connectivity index (χ3n) is 16.7. The van der Waals surface area contributed by atoms with Crippen LogP contribution < -0.4 is 5.32 Å². The van der Waals surface area contributed by atoms with Crippen LogP contribution in [0.5, 0.6) is 0 Å². The molecule has 8 nitrogen and oxygen atoms in total. The summed E-state index contributed by atoms with van der Waals surface area (Å²) in [6, 6.07) is -0.845. The highest BCUT2D eigenvalue weighted by Gasteiger charge is 2.28. The number of unbranched alkanes of at least 4 members (excludes halogenated alkanes) is 52. The minimum absolute atomic E-state index is 0.0646. The summed E-state index contributed by atoms with van der Waals surface area (Å²) in [5.74, 6) is -0.168. The number of phosphoric ester groups is 1. The summed E-state index contributed by atoms with van der Waals surface area (Å²) >= 11 is 0. The molecule has 0 fully saturated rings. The van der Waals surface area contributed by atoms with Crippen LogP contribution in [0.2, 0.25) is 0 Å². The molecule has 0 saturated heterocycles. The lowest BCUT2D eigenvalue weighted by molar-refractivity contribution is -0.870. The summed E-state index contributed by atoms with van der Waals surface area (Å²) in [4.78, 5) is 23.4. The number of amides is 1. The summed E-state index contributed by atoms with van der Waals surface area (Å²) in [5.41, 5.74) is 0. The number of aliphatic hydroxyl groups is 1. The predicted molar refractivity (Wildman–Crippen MR) is 351 cm³/mol. The second-order valence-corrected chi connectivity index (χ2v) is 27.4. The summed E-state index contributed by atoms with van der Waals surface area (Å²) in [6.45, 7) is 4.88. The van der Waals surface area contributed by atoms with Crippen LogP contribution in [-0.4, -0.2) is 73.4 Å². The van der Waals surface area contributed by atoms with Gasteiger partial charge in [0.2, 0.25) is 5.91 Å². The van der Waals surface area contributed by atoms with Gasteiger partial charge in [-0.1, -0.05) is 346 Å². The molecule has 0 heterocycles. The van der Waals surface area contributed by atoms with Crippen LogP contribution in [0.3, 0.4) is 0 Å². The smallest absolute Gasteiger partial charge is 0.387 e. The first-order chi connectivity index (χ1) is 39.0. The molecular weight excluding hydrogens is 1010 g/mol. The normalized spacial score (nSPS) is 13.7. The Bertz CT molecular complexity index is 1350. The van der Waals surface area contributed by atoms with E-state index >= 15 is 0 Å². The number of aliphatic hydroxyl groups excluding tert-OH is 1. The third kappa shape index (κ3) is 64.5. The molecule has 3 atom stereocenters. The Hall–Kier alpha value is -1.02. The number of carbonyl (C=O) groups excluding carboxylic acids is 1. The van der Waals surface area contributed by atoms with Crippen LogP contribution in [0.25, 0.3) is 0 Å². The van der Waals surface area contributed by atoms with Crippen LogP contribution in [0.15, 0.2) is 24.3 Å². The standard InChI is InChI=1S/C71H141N2O6P/c1-6-8-10-12-14-16-18-20-22-24-26-28-30-32-33-34-35-36-37-38-39-41-43-45-47-49-51-53-55-57-59-61-63-65-71(75)72-69(68-79-80(76,77)78-67-66-73(3,4)5)70(74)64-62-60-58-56-54-52-50-48-46-44-42-40-31-29-27-25-23-21-19-17-15-13-11-9-7-2/h24,26,62,64,69-70,74H,6-23,25,27-61,63,65-68H2,1-5H3,(H-,72,75,76,77)/p+1/b26-24-,64-62+. The van der Waals surface area contributed by atoms with Crippen molar-refractivity contribution < 1.29 is 32.9 Å². The van der Waals surface area contributed by atoms with Crippen molar-refractivity contribution in [3.63, 3.8) is 0 Å². The topological polar surface area (TPSA) is 105 Å². The molecule has 3 N–H and O–H groups in total. The van der Waals surface area contributed by atoms with Gasteiger partial charge < -0.3 is 19.8 Å². The van der Waals surface area contributed by atoms with Gasteiger partial charge in [0.1, 0.15) is 13.2 Å². The van der Waals surface area contributed by atoms with Crippen molar-refractivity contribution in [2.24, 2.45) is 0 Å². The maximum atomic E-state index is 13.1. The minimum atomic E-state index is -4.35. The van der Waals surface area contributed by atoms with Crippen molar-refractivity contribution in [2.45, 2.75) is 386 Å². The minimum Gasteiger partial charge on any atom is -0.387 e. The van der Waals surface area contributed by atoms with E-state index in [1.165, 1.54) is 321 Å². The van der Waals surface area contributed by atoms with E-state index in [0.717, 1.165) is 32.1 Å². The lowest BCUT2D eigenvalue weighted by Gasteiger charge is -2.25. The highest BCUT2D eigenvalue weighted by molar-refractivity contribution is 7.47. The van der Waals surface area contributed by atoms with Gasteiger partial charge in [0.05, 0.1) is 39.9 Å². The SMILES string of the molecule is CCCCCCCCCC/C=C\CCCCCCCCCCCCCCCCCCCCCCCC(=O)NC(COP(=O)(O)OCC[N+](C)(C)C)C(O)/C=C/CCCCCCCCCCCCCCCCCCCCCCCCC. The Balaban J connectivity index is 4.01. The molecule has 0 aromatic heterocycles. The number of nitrogens with zero attached hydrogens (tertiary/aromatic N) is 1. The monoisotopic (exact) mass is 1150 g/mol. The maximum Gasteiger partial charge on any atom is 0.472 e. The van der Waals surface area contributed by atoms with Crippen molar-refractivity contribution in [1.82, 2.24) is 5.32 Å². The Labute approximate surface area is 500 Å². The van der Waals surface area contributed by atoms with Crippen molar-refractivity contribution in [2.75, 3.05) is 40.9 Å². The average molecular weight is 1150 g/mol. The lowest BCUT2D eigenvalue weighted by Crippen LogP contribution is -2.45. The molecule has 0 aliphatic heterocycles. The van der Waals surface area contributed by atoms with Gasteiger partial charge >= 0.3 is 7.82 Å². The van der Waals surface area contributed by atoms with Gasteiger partial charge in [-0.25, -0.2) is 4.57 Å². The van der Waals surface area contributed by atoms with Gasteiger partial charge in [-0.2, -0.15) is 0 Å². The fourth-order valence-corrected chi connectivity index (χ4v) is 11.8. The maximum absolute atomic E-state index is 13.1. The molecule has 0 saturated carbocycles. The molecule has 0 spiro atoms. The highest BCUT2D eigenvalue weighted by atomic mass is 31.2. The molecule has 476 valence electrons. The fourth-order valence-electron chi connectivity index (χ4n) is 11.1. The molecule has 0 aliphatic rings. The Morgan fingerprint density at radius 3 is 0.963 bits per heavy atom. The largest absolute Gasteiger partial charge is 0.472 e. The van der Waals surface area contributed by atoms with Crippen LogP contribution in [0, 0.1) is 0 Å². The van der Waals surface area contributed by atoms with Gasteiger partial charge in [-0.15, -0.1) is 0 Å². The molecular formula is C71H142N2O6P+. The molecule has 0 aromatic rings. The van der Waals surface area contributed by atoms with E-state index in [1.807, 2.05) is 27.2 Å². The van der Waals surface area contributed by atoms with Crippen LogP contribution >= 0.6 is 7.82 Å². The number of nitrogens with one attached hydrogen (secondary N) is 1. The van der Waals surface area contributed by atoms with Gasteiger partial charge in [0.25, 0.3) is 0 Å². The Kier molecular flexibility index (Phi) is 61.7. The number of quaternary nitrogens is 1. The molecule has 0 aromatic carbocycles. The van der Waals surface area contributed by atoms with E-state index in [2.05, 4.69) is 31.3 Å². The first kappa shape index (κ1) is 79.0. The van der Waals surface area contributed by atoms with E-state index in [-0.39, 0.29) is 19.1 Å². The quantitative estimate of drug-likeness (QED) is 0.0243. The Morgan fingerprint density at radius 2 is 0.675 bits per heavy atom. The average Bonchev–Trinajstić information content (AvgIpc) is 3.42. The number of hydrogen-bond donors (Lipinski definition) is 3. The number of allylic oxidation sites excluding steroid dienone is 3. The number of phosphoric acid groups is 1. The number of rotatable bonds is 67. The zero-order chi connectivity index (χ0) is 58.4. The van der Waals surface area contributed by atoms with E-state index < -0.39 is 20.0 Å². The van der Waals surface area contributed by atoms with E-state index in [0.29, 0.717) is 17.4 Å². The summed E-state index contributed by atoms with van der Waals surface area (Å²) < 4.78 is 23.8. The molecule has 0 bridgehead atoms. The molecule has 80 heavy (non-hydrogen) atoms. The molecule has 0 aliphatic carbocycles. The fraction of sp³-hybridized carbons (Fsp3) is 0.930. The summed E-state index contributed by atoms with van der Waals surface area (Å²) in [6.07, 6.45) is 81.9.